The van der Waals surface area contributed by atoms with Crippen LogP contribution in [0.5, 0.6) is 5.75 Å². The van der Waals surface area contributed by atoms with Gasteiger partial charge in [0, 0.05) is 6.54 Å². The zero-order valence-electron chi connectivity index (χ0n) is 10.0. The highest BCUT2D eigenvalue weighted by Crippen LogP contribution is 2.20. The van der Waals surface area contributed by atoms with Crippen LogP contribution in [0.3, 0.4) is 0 Å². The average Bonchev–Trinajstić information content (AvgIpc) is 2.32. The van der Waals surface area contributed by atoms with Crippen molar-refractivity contribution >= 4 is 0 Å². The number of hydrogen-bond acceptors (Lipinski definition) is 2. The number of nitrogens with two attached hydrogens (primary N) is 1. The Labute approximate surface area is 96.6 Å². The van der Waals surface area contributed by atoms with Crippen LogP contribution in [0.25, 0.3) is 0 Å². The second-order valence-corrected chi connectivity index (χ2v) is 3.96. The van der Waals surface area contributed by atoms with Gasteiger partial charge in [0.05, 0.1) is 6.61 Å². The maximum Gasteiger partial charge on any atom is 0.165 e. The molecule has 0 spiro atoms. The minimum absolute atomic E-state index is 0.323. The van der Waals surface area contributed by atoms with Crippen molar-refractivity contribution in [1.82, 2.24) is 0 Å². The van der Waals surface area contributed by atoms with Crippen molar-refractivity contribution in [2.75, 3.05) is 6.61 Å². The third-order valence-corrected chi connectivity index (χ3v) is 2.86. The molecule has 0 unspecified atom stereocenters. The van der Waals surface area contributed by atoms with Crippen LogP contribution in [-0.4, -0.2) is 6.61 Å². The molecule has 0 saturated carbocycles. The maximum absolute atomic E-state index is 13.5. The molecule has 0 atom stereocenters. The fourth-order valence-corrected chi connectivity index (χ4v) is 1.52. The summed E-state index contributed by atoms with van der Waals surface area (Å²) < 4.78 is 19.0. The molecule has 3 heteroatoms. The van der Waals surface area contributed by atoms with Gasteiger partial charge < -0.3 is 10.5 Å². The van der Waals surface area contributed by atoms with E-state index < -0.39 is 0 Å². The third-order valence-electron chi connectivity index (χ3n) is 2.86. The lowest BCUT2D eigenvalue weighted by Crippen LogP contribution is -2.11. The van der Waals surface area contributed by atoms with E-state index in [-0.39, 0.29) is 5.82 Å². The van der Waals surface area contributed by atoms with Crippen molar-refractivity contribution in [1.29, 1.82) is 0 Å². The summed E-state index contributed by atoms with van der Waals surface area (Å²) in [5.74, 6) is 0.492. The summed E-state index contributed by atoms with van der Waals surface area (Å²) in [6.07, 6.45) is 2.11. The topological polar surface area (TPSA) is 35.2 Å². The number of benzene rings is 1. The Morgan fingerprint density at radius 2 is 2.00 bits per heavy atom. The molecule has 90 valence electrons. The molecular formula is C13H20FNO. The molecule has 1 aromatic carbocycles. The first-order chi connectivity index (χ1) is 7.71. The molecule has 0 heterocycles. The van der Waals surface area contributed by atoms with E-state index in [0.29, 0.717) is 24.8 Å². The lowest BCUT2D eigenvalue weighted by atomic mass is 10.1. The molecule has 0 amide bonds. The molecule has 1 rings (SSSR count). The molecule has 16 heavy (non-hydrogen) atoms. The van der Waals surface area contributed by atoms with Gasteiger partial charge in [-0.05, 0) is 23.6 Å². The number of hydrogen-bond donors (Lipinski definition) is 1. The lowest BCUT2D eigenvalue weighted by molar-refractivity contribution is 0.231. The first-order valence-electron chi connectivity index (χ1n) is 5.82. The fourth-order valence-electron chi connectivity index (χ4n) is 1.52. The summed E-state index contributed by atoms with van der Waals surface area (Å²) in [5, 5.41) is 0. The molecule has 0 fully saturated rings. The quantitative estimate of drug-likeness (QED) is 0.807. The van der Waals surface area contributed by atoms with E-state index in [4.69, 9.17) is 10.5 Å². The van der Waals surface area contributed by atoms with Crippen molar-refractivity contribution in [2.24, 2.45) is 11.7 Å². The largest absolute Gasteiger partial charge is 0.490 e. The fraction of sp³-hybridized carbons (Fsp3) is 0.538. The summed E-state index contributed by atoms with van der Waals surface area (Å²) in [6.45, 7) is 5.16. The molecule has 0 radical (unpaired) electrons. The van der Waals surface area contributed by atoms with Gasteiger partial charge in [0.1, 0.15) is 0 Å². The molecule has 0 saturated heterocycles. The highest BCUT2D eigenvalue weighted by Gasteiger charge is 2.08. The summed E-state index contributed by atoms with van der Waals surface area (Å²) in [7, 11) is 0. The minimum atomic E-state index is -0.325. The first kappa shape index (κ1) is 13.0. The van der Waals surface area contributed by atoms with Gasteiger partial charge in [0.25, 0.3) is 0 Å². The third kappa shape index (κ3) is 3.49. The monoisotopic (exact) mass is 225 g/mol. The molecule has 0 bridgehead atoms. The Bertz CT molecular complexity index is 324. The van der Waals surface area contributed by atoms with Gasteiger partial charge in [0.15, 0.2) is 11.6 Å². The SMILES string of the molecule is CCC(CC)COc1ccc(CN)cc1F. The predicted octanol–water partition coefficient (Wildman–Crippen LogP) is 3.10. The van der Waals surface area contributed by atoms with Crippen molar-refractivity contribution in [3.05, 3.63) is 29.6 Å². The van der Waals surface area contributed by atoms with Gasteiger partial charge in [-0.15, -0.1) is 0 Å². The van der Waals surface area contributed by atoms with Gasteiger partial charge in [-0.3, -0.25) is 0 Å². The van der Waals surface area contributed by atoms with Crippen LogP contribution >= 0.6 is 0 Å². The molecule has 1 aromatic rings. The molecule has 0 aliphatic carbocycles. The van der Waals surface area contributed by atoms with E-state index in [1.54, 1.807) is 12.1 Å². The Morgan fingerprint density at radius 1 is 1.31 bits per heavy atom. The van der Waals surface area contributed by atoms with E-state index in [2.05, 4.69) is 13.8 Å². The van der Waals surface area contributed by atoms with E-state index in [1.807, 2.05) is 0 Å². The lowest BCUT2D eigenvalue weighted by Gasteiger charge is -2.14. The van der Waals surface area contributed by atoms with Gasteiger partial charge in [-0.1, -0.05) is 32.8 Å². The van der Waals surface area contributed by atoms with Crippen LogP contribution in [0.1, 0.15) is 32.3 Å². The average molecular weight is 225 g/mol. The van der Waals surface area contributed by atoms with Crippen molar-refractivity contribution < 1.29 is 9.13 Å². The Morgan fingerprint density at radius 3 is 2.50 bits per heavy atom. The van der Waals surface area contributed by atoms with Gasteiger partial charge >= 0.3 is 0 Å². The molecule has 2 nitrogen and oxygen atoms in total. The first-order valence-corrected chi connectivity index (χ1v) is 5.82. The molecule has 0 aromatic heterocycles. The second-order valence-electron chi connectivity index (χ2n) is 3.96. The van der Waals surface area contributed by atoms with Crippen molar-refractivity contribution in [3.8, 4) is 5.75 Å². The van der Waals surface area contributed by atoms with Gasteiger partial charge in [0.2, 0.25) is 0 Å². The van der Waals surface area contributed by atoms with E-state index in [9.17, 15) is 4.39 Å². The molecular weight excluding hydrogens is 205 g/mol. The molecule has 2 N–H and O–H groups in total. The summed E-state index contributed by atoms with van der Waals surface area (Å²) in [6, 6.07) is 4.88. The van der Waals surface area contributed by atoms with Crippen LogP contribution in [0.4, 0.5) is 4.39 Å². The minimum Gasteiger partial charge on any atom is -0.490 e. The molecule has 0 aliphatic heterocycles. The van der Waals surface area contributed by atoms with Crippen LogP contribution in [0, 0.1) is 11.7 Å². The Kier molecular flexibility index (Phi) is 5.26. The normalized spacial score (nSPS) is 10.8. The number of ether oxygens (including phenoxy) is 1. The van der Waals surface area contributed by atoms with Crippen molar-refractivity contribution in [2.45, 2.75) is 33.2 Å². The Hall–Kier alpha value is -1.09. The van der Waals surface area contributed by atoms with E-state index >= 15 is 0 Å². The van der Waals surface area contributed by atoms with Gasteiger partial charge in [-0.2, -0.15) is 0 Å². The number of halogens is 1. The van der Waals surface area contributed by atoms with Crippen LogP contribution < -0.4 is 10.5 Å². The second kappa shape index (κ2) is 6.48. The van der Waals surface area contributed by atoms with Crippen LogP contribution in [-0.2, 0) is 6.54 Å². The summed E-state index contributed by atoms with van der Waals surface area (Å²) >= 11 is 0. The smallest absolute Gasteiger partial charge is 0.165 e. The van der Waals surface area contributed by atoms with Crippen LogP contribution in [0.2, 0.25) is 0 Å². The highest BCUT2D eigenvalue weighted by molar-refractivity contribution is 5.29. The van der Waals surface area contributed by atoms with E-state index in [1.165, 1.54) is 6.07 Å². The summed E-state index contributed by atoms with van der Waals surface area (Å²) in [4.78, 5) is 0. The zero-order chi connectivity index (χ0) is 12.0. The van der Waals surface area contributed by atoms with Gasteiger partial charge in [-0.25, -0.2) is 4.39 Å². The van der Waals surface area contributed by atoms with Crippen molar-refractivity contribution in [3.63, 3.8) is 0 Å². The summed E-state index contributed by atoms with van der Waals surface area (Å²) in [5.41, 5.74) is 6.21. The Balaban J connectivity index is 2.60. The van der Waals surface area contributed by atoms with E-state index in [0.717, 1.165) is 18.4 Å². The number of rotatable bonds is 6. The van der Waals surface area contributed by atoms with Crippen LogP contribution in [0.15, 0.2) is 18.2 Å². The maximum atomic E-state index is 13.5. The zero-order valence-corrected chi connectivity index (χ0v) is 10.0. The molecule has 0 aliphatic rings. The predicted molar refractivity (Wildman–Crippen MR) is 63.9 cm³/mol. The highest BCUT2D eigenvalue weighted by atomic mass is 19.1. The standard InChI is InChI=1S/C13H20FNO/c1-3-10(4-2)9-16-13-6-5-11(8-15)7-12(13)14/h5-7,10H,3-4,8-9,15H2,1-2H3.